The van der Waals surface area contributed by atoms with E-state index in [0.717, 1.165) is 16.7 Å². The van der Waals surface area contributed by atoms with Crippen LogP contribution in [0.2, 0.25) is 0 Å². The molecule has 1 aromatic heterocycles. The molecule has 2 aromatic rings. The van der Waals surface area contributed by atoms with E-state index in [1.165, 1.54) is 24.2 Å². The fourth-order valence-corrected chi connectivity index (χ4v) is 4.01. The van der Waals surface area contributed by atoms with Gasteiger partial charge in [0.15, 0.2) is 11.8 Å². The van der Waals surface area contributed by atoms with Gasteiger partial charge in [-0.25, -0.2) is 4.79 Å². The van der Waals surface area contributed by atoms with Crippen molar-refractivity contribution in [1.29, 1.82) is 0 Å². The maximum atomic E-state index is 12.5. The molecule has 1 aliphatic rings. The minimum absolute atomic E-state index is 0. The number of carboxylic acid groups (broad SMARTS) is 1. The molecule has 158 valence electrons. The fourth-order valence-electron chi connectivity index (χ4n) is 3.15. The summed E-state index contributed by atoms with van der Waals surface area (Å²) in [6, 6.07) is 4.29. The molecule has 1 aromatic carbocycles. The molecule has 10 heteroatoms. The molecule has 2 atom stereocenters. The van der Waals surface area contributed by atoms with Gasteiger partial charge in [0.05, 0.1) is 12.5 Å². The van der Waals surface area contributed by atoms with Crippen LogP contribution in [-0.4, -0.2) is 46.8 Å². The number of rotatable bonds is 6. The van der Waals surface area contributed by atoms with Crippen LogP contribution in [0, 0.1) is 6.92 Å². The number of carbonyl (C=O) groups excluding carboxylic acids is 3. The van der Waals surface area contributed by atoms with E-state index in [-0.39, 0.29) is 37.4 Å². The van der Waals surface area contributed by atoms with Crippen LogP contribution in [-0.2, 0) is 14.4 Å². The average molecular weight is 451 g/mol. The van der Waals surface area contributed by atoms with Gasteiger partial charge in [0.2, 0.25) is 0 Å². The van der Waals surface area contributed by atoms with Crippen LogP contribution in [0.4, 0.5) is 4.79 Å². The third kappa shape index (κ3) is 6.04. The number of carbonyl (C=O) groups is 4. The van der Waals surface area contributed by atoms with Gasteiger partial charge in [-0.3, -0.25) is 14.4 Å². The van der Waals surface area contributed by atoms with E-state index < -0.39 is 35.8 Å². The number of aryl methyl sites for hydroxylation is 1. The molecule has 0 bridgehead atoms. The normalized spacial score (nSPS) is 16.5. The Balaban J connectivity index is 0.00000256. The third-order valence-corrected chi connectivity index (χ3v) is 5.62. The van der Waals surface area contributed by atoms with E-state index in [0.29, 0.717) is 5.56 Å². The molecule has 1 unspecified atom stereocenters. The van der Waals surface area contributed by atoms with Gasteiger partial charge in [0.25, 0.3) is 5.91 Å². The molecule has 31 heavy (non-hydrogen) atoms. The van der Waals surface area contributed by atoms with Crippen molar-refractivity contribution in [2.75, 3.05) is 7.05 Å². The number of nitrogens with one attached hydrogen (secondary N) is 2. The smallest absolute Gasteiger partial charge is 1.00 e. The monoisotopic (exact) mass is 451 g/mol. The summed E-state index contributed by atoms with van der Waals surface area (Å²) in [5.41, 5.74) is 3.65. The maximum Gasteiger partial charge on any atom is 1.00 e. The number of carboxylic acids is 1. The van der Waals surface area contributed by atoms with E-state index in [1.54, 1.807) is 23.5 Å². The number of aliphatic carboxylic acids is 1. The molecule has 0 radical (unpaired) electrons. The van der Waals surface area contributed by atoms with E-state index in [4.69, 9.17) is 0 Å². The SMILES string of the molecule is Cc1cscc1-c1cccc([C@H](CC(=O)O)NC(=O)NC2C(=O)C=CN(C)C2=O)c1.[H-].[Na+]. The zero-order valence-corrected chi connectivity index (χ0v) is 20.2. The molecule has 3 N–H and O–H groups in total. The number of urea groups is 1. The predicted molar refractivity (Wildman–Crippen MR) is 113 cm³/mol. The molecule has 0 fully saturated rings. The van der Waals surface area contributed by atoms with Crippen molar-refractivity contribution in [2.45, 2.75) is 25.4 Å². The summed E-state index contributed by atoms with van der Waals surface area (Å²) in [7, 11) is 1.48. The quantitative estimate of drug-likeness (QED) is 0.408. The number of benzene rings is 1. The van der Waals surface area contributed by atoms with Crippen molar-refractivity contribution >= 4 is 35.0 Å². The molecule has 0 spiro atoms. The van der Waals surface area contributed by atoms with Gasteiger partial charge in [-0.1, -0.05) is 18.2 Å². The predicted octanol–water partition coefficient (Wildman–Crippen LogP) is -0.422. The standard InChI is InChI=1S/C21H21N3O5S.Na.H/c1-12-10-30-11-15(12)13-4-3-5-14(8-13)16(9-18(26)27)22-21(29)23-19-17(25)6-7-24(2)20(19)28;;/h3-8,10-11,16,19H,9H2,1-2H3,(H,26,27)(H2,22,23,29);;/q;+1;-1/t16-,19?;;/m0../s1. The molecule has 1 aliphatic heterocycles. The van der Waals surface area contributed by atoms with Crippen LogP contribution in [0.1, 0.15) is 25.0 Å². The third-order valence-electron chi connectivity index (χ3n) is 4.76. The first-order chi connectivity index (χ1) is 14.3. The Morgan fingerprint density at radius 1 is 1.29 bits per heavy atom. The summed E-state index contributed by atoms with van der Waals surface area (Å²) >= 11 is 1.57. The summed E-state index contributed by atoms with van der Waals surface area (Å²) in [5, 5.41) is 18.2. The van der Waals surface area contributed by atoms with Gasteiger partial charge in [-0.15, -0.1) is 0 Å². The van der Waals surface area contributed by atoms with E-state index >= 15 is 0 Å². The molecule has 2 heterocycles. The molecule has 0 aliphatic carbocycles. The number of ketones is 1. The summed E-state index contributed by atoms with van der Waals surface area (Å²) in [4.78, 5) is 49.1. The van der Waals surface area contributed by atoms with E-state index in [1.807, 2.05) is 29.8 Å². The minimum Gasteiger partial charge on any atom is -1.00 e. The summed E-state index contributed by atoms with van der Waals surface area (Å²) in [6.45, 7) is 1.99. The Hall–Kier alpha value is -2.46. The second-order valence-corrected chi connectivity index (χ2v) is 7.71. The number of nitrogens with zero attached hydrogens (tertiary/aromatic N) is 1. The summed E-state index contributed by atoms with van der Waals surface area (Å²) in [6.07, 6.45) is 2.17. The van der Waals surface area contributed by atoms with Crippen LogP contribution in [0.25, 0.3) is 11.1 Å². The molecular weight excluding hydrogens is 429 g/mol. The average Bonchev–Trinajstić information content (AvgIpc) is 3.13. The van der Waals surface area contributed by atoms with Gasteiger partial charge in [0, 0.05) is 19.3 Å². The van der Waals surface area contributed by atoms with E-state index in [9.17, 15) is 24.3 Å². The number of hydrogen-bond donors (Lipinski definition) is 3. The van der Waals surface area contributed by atoms with Gasteiger partial charge >= 0.3 is 41.6 Å². The van der Waals surface area contributed by atoms with Gasteiger partial charge < -0.3 is 22.1 Å². The Bertz CT molecular complexity index is 1040. The first-order valence-corrected chi connectivity index (χ1v) is 10.1. The first kappa shape index (κ1) is 24.8. The van der Waals surface area contributed by atoms with Crippen molar-refractivity contribution in [1.82, 2.24) is 15.5 Å². The number of hydrogen-bond acceptors (Lipinski definition) is 5. The van der Waals surface area contributed by atoms with Gasteiger partial charge in [-0.05, 0) is 46.0 Å². The molecule has 0 saturated carbocycles. The minimum atomic E-state index is -1.34. The van der Waals surface area contributed by atoms with Crippen molar-refractivity contribution < 1.29 is 55.3 Å². The molecule has 0 saturated heterocycles. The fraction of sp³-hybridized carbons (Fsp3) is 0.238. The van der Waals surface area contributed by atoms with Crippen molar-refractivity contribution in [2.24, 2.45) is 0 Å². The van der Waals surface area contributed by atoms with Crippen LogP contribution in [0.5, 0.6) is 0 Å². The van der Waals surface area contributed by atoms with E-state index in [2.05, 4.69) is 10.6 Å². The maximum absolute atomic E-state index is 12.5. The first-order valence-electron chi connectivity index (χ1n) is 9.17. The Labute approximate surface area is 207 Å². The Morgan fingerprint density at radius 3 is 2.68 bits per heavy atom. The zero-order valence-electron chi connectivity index (χ0n) is 18.4. The van der Waals surface area contributed by atoms with Gasteiger partial charge in [-0.2, -0.15) is 11.3 Å². The summed E-state index contributed by atoms with van der Waals surface area (Å²) < 4.78 is 0. The largest absolute Gasteiger partial charge is 1.00 e. The molecular formula is C21H22N3NaO5S. The summed E-state index contributed by atoms with van der Waals surface area (Å²) in [5.74, 6) is -2.20. The van der Waals surface area contributed by atoms with Crippen molar-refractivity contribution in [3.63, 3.8) is 0 Å². The van der Waals surface area contributed by atoms with Crippen LogP contribution >= 0.6 is 11.3 Å². The van der Waals surface area contributed by atoms with Crippen molar-refractivity contribution in [3.8, 4) is 11.1 Å². The van der Waals surface area contributed by atoms with Gasteiger partial charge in [0.1, 0.15) is 0 Å². The van der Waals surface area contributed by atoms with Crippen LogP contribution in [0.3, 0.4) is 0 Å². The number of likely N-dealkylation sites (N-methyl/N-ethyl adjacent to an activating group) is 1. The Morgan fingerprint density at radius 2 is 2.03 bits per heavy atom. The molecule has 3 amide bonds. The van der Waals surface area contributed by atoms with Crippen molar-refractivity contribution in [3.05, 3.63) is 58.4 Å². The second kappa shape index (κ2) is 10.7. The van der Waals surface area contributed by atoms with Crippen LogP contribution in [0.15, 0.2) is 47.3 Å². The zero-order chi connectivity index (χ0) is 21.8. The number of thiophene rings is 1. The number of amides is 3. The Kier molecular flexibility index (Phi) is 8.58. The second-order valence-electron chi connectivity index (χ2n) is 6.96. The topological polar surface area (TPSA) is 116 Å². The van der Waals surface area contributed by atoms with Crippen LogP contribution < -0.4 is 40.2 Å². The molecule has 3 rings (SSSR count). The molecule has 8 nitrogen and oxygen atoms in total.